The van der Waals surface area contributed by atoms with E-state index in [-0.39, 0.29) is 0 Å². The molecular weight excluding hydrogens is 316 g/mol. The van der Waals surface area contributed by atoms with Crippen LogP contribution in [0.25, 0.3) is 0 Å². The molecule has 1 aromatic carbocycles. The Bertz CT molecular complexity index is 367. The molecule has 1 aliphatic rings. The van der Waals surface area contributed by atoms with E-state index in [0.717, 1.165) is 0 Å². The second-order valence-electron chi connectivity index (χ2n) is 5.05. The van der Waals surface area contributed by atoms with Crippen LogP contribution in [0.1, 0.15) is 12.0 Å². The summed E-state index contributed by atoms with van der Waals surface area (Å²) >= 11 is -1.41. The van der Waals surface area contributed by atoms with Gasteiger partial charge in [-0.1, -0.05) is 0 Å². The minimum atomic E-state index is -1.41. The number of benzene rings is 1. The van der Waals surface area contributed by atoms with Gasteiger partial charge in [-0.2, -0.15) is 0 Å². The zero-order valence-corrected chi connectivity index (χ0v) is 14.8. The Kier molecular flexibility index (Phi) is 4.76. The van der Waals surface area contributed by atoms with Gasteiger partial charge in [0.05, 0.1) is 0 Å². The second kappa shape index (κ2) is 5.89. The maximum absolute atomic E-state index is 2.88. The van der Waals surface area contributed by atoms with Crippen molar-refractivity contribution in [3.8, 4) is 0 Å². The molecule has 2 rings (SSSR count). The van der Waals surface area contributed by atoms with E-state index in [9.17, 15) is 0 Å². The number of hydrogen-bond donors (Lipinski definition) is 0. The van der Waals surface area contributed by atoms with Gasteiger partial charge in [-0.15, -0.1) is 0 Å². The quantitative estimate of drug-likeness (QED) is 0.703. The van der Waals surface area contributed by atoms with Crippen molar-refractivity contribution in [2.45, 2.75) is 21.7 Å². The summed E-state index contributed by atoms with van der Waals surface area (Å²) < 4.78 is 4.82. The normalized spacial score (nSPS) is 18.6. The molecular formula is C13H21InNP. The zero-order chi connectivity index (χ0) is 11.5. The van der Waals surface area contributed by atoms with Crippen LogP contribution in [0.3, 0.4) is 0 Å². The second-order valence-corrected chi connectivity index (χ2v) is 14.8. The summed E-state index contributed by atoms with van der Waals surface area (Å²) in [5.74, 6) is 0. The average molecular weight is 337 g/mol. The number of rotatable bonds is 1. The summed E-state index contributed by atoms with van der Waals surface area (Å²) in [4.78, 5) is 2.51. The van der Waals surface area contributed by atoms with Crippen molar-refractivity contribution in [1.82, 2.24) is 4.90 Å². The summed E-state index contributed by atoms with van der Waals surface area (Å²) in [6, 6.07) is 7.17. The fraction of sp³-hybridized carbons (Fsp3) is 0.538. The van der Waals surface area contributed by atoms with Gasteiger partial charge in [0.1, 0.15) is 0 Å². The van der Waals surface area contributed by atoms with Crippen molar-refractivity contribution >= 4 is 39.3 Å². The molecule has 0 aliphatic carbocycles. The molecule has 0 N–H and O–H groups in total. The topological polar surface area (TPSA) is 3.24 Å². The molecule has 0 spiro atoms. The fourth-order valence-corrected chi connectivity index (χ4v) is 12.4. The zero-order valence-electron chi connectivity index (χ0n) is 10.4. The molecule has 0 saturated carbocycles. The summed E-state index contributed by atoms with van der Waals surface area (Å²) in [7, 11) is 5.15. The fourth-order valence-electron chi connectivity index (χ4n) is 2.49. The van der Waals surface area contributed by atoms with Crippen LogP contribution in [0.2, 0.25) is 8.35 Å². The standard InChI is InChI=1S/C7H8P.C6H13N.In/c1-6-4-2-3-5-7(6)8;1-4-6-7(3)5-2;/h2,4-5H,8H2,1H3;1-2,4-6H2,3H3;. The van der Waals surface area contributed by atoms with Crippen LogP contribution in [0.15, 0.2) is 18.2 Å². The van der Waals surface area contributed by atoms with E-state index in [0.29, 0.717) is 0 Å². The number of hydrogen-bond acceptors (Lipinski definition) is 1. The third kappa shape index (κ3) is 3.24. The van der Waals surface area contributed by atoms with Crippen molar-refractivity contribution in [2.75, 3.05) is 20.1 Å². The molecule has 1 saturated heterocycles. The molecule has 0 amide bonds. The maximum atomic E-state index is 2.88. The van der Waals surface area contributed by atoms with E-state index >= 15 is 0 Å². The van der Waals surface area contributed by atoms with Crippen molar-refractivity contribution in [1.29, 1.82) is 0 Å². The molecule has 0 radical (unpaired) electrons. The molecule has 1 fully saturated rings. The number of aryl methyl sites for hydroxylation is 1. The van der Waals surface area contributed by atoms with Gasteiger partial charge in [-0.05, 0) is 0 Å². The van der Waals surface area contributed by atoms with Crippen molar-refractivity contribution in [3.05, 3.63) is 23.8 Å². The summed E-state index contributed by atoms with van der Waals surface area (Å²) in [5, 5.41) is 1.41. The molecule has 1 aromatic rings. The summed E-state index contributed by atoms with van der Waals surface area (Å²) in [5.41, 5.74) is 1.41. The monoisotopic (exact) mass is 337 g/mol. The van der Waals surface area contributed by atoms with E-state index in [1.54, 1.807) is 7.50 Å². The van der Waals surface area contributed by atoms with Gasteiger partial charge in [0.15, 0.2) is 0 Å². The van der Waals surface area contributed by atoms with Crippen molar-refractivity contribution < 1.29 is 0 Å². The molecule has 1 atom stereocenters. The van der Waals surface area contributed by atoms with Crippen LogP contribution < -0.4 is 8.62 Å². The van der Waals surface area contributed by atoms with Gasteiger partial charge in [0, 0.05) is 0 Å². The first kappa shape index (κ1) is 12.9. The Morgan fingerprint density at radius 1 is 1.25 bits per heavy atom. The summed E-state index contributed by atoms with van der Waals surface area (Å²) in [6.45, 7) is 4.84. The molecule has 1 nitrogen and oxygen atoms in total. The Morgan fingerprint density at radius 2 is 2.06 bits per heavy atom. The Labute approximate surface area is 109 Å². The first-order valence-electron chi connectivity index (χ1n) is 6.21. The van der Waals surface area contributed by atoms with Crippen LogP contribution in [-0.2, 0) is 0 Å². The Hall–Kier alpha value is 0.480. The molecule has 3 heteroatoms. The molecule has 1 heterocycles. The minimum absolute atomic E-state index is 1.31. The van der Waals surface area contributed by atoms with Gasteiger partial charge in [0.2, 0.25) is 0 Å². The van der Waals surface area contributed by atoms with Gasteiger partial charge in [0.25, 0.3) is 0 Å². The van der Waals surface area contributed by atoms with Crippen LogP contribution in [0, 0.1) is 6.92 Å². The van der Waals surface area contributed by atoms with E-state index in [2.05, 4.69) is 46.3 Å². The predicted molar refractivity (Wildman–Crippen MR) is 77.6 cm³/mol. The SMILES string of the molecule is Cc1cc[c]([In]2[CH2]CCN(C)C[CH2]2)cc1P. The first-order chi connectivity index (χ1) is 7.66. The Morgan fingerprint density at radius 3 is 2.81 bits per heavy atom. The van der Waals surface area contributed by atoms with Gasteiger partial charge in [-0.3, -0.25) is 0 Å². The van der Waals surface area contributed by atoms with Crippen molar-refractivity contribution in [3.63, 3.8) is 0 Å². The van der Waals surface area contributed by atoms with Gasteiger partial charge in [-0.25, -0.2) is 0 Å². The number of nitrogens with zero attached hydrogens (tertiary/aromatic N) is 1. The van der Waals surface area contributed by atoms with Crippen LogP contribution in [0.4, 0.5) is 0 Å². The molecule has 86 valence electrons. The van der Waals surface area contributed by atoms with Crippen LogP contribution in [-0.4, -0.2) is 46.5 Å². The van der Waals surface area contributed by atoms with E-state index in [1.807, 2.05) is 0 Å². The molecule has 16 heavy (non-hydrogen) atoms. The average Bonchev–Trinajstić information content (AvgIpc) is 2.47. The summed E-state index contributed by atoms with van der Waals surface area (Å²) in [6.07, 6.45) is 1.43. The Balaban J connectivity index is 2.13. The third-order valence-electron chi connectivity index (χ3n) is 3.73. The van der Waals surface area contributed by atoms with Crippen molar-refractivity contribution in [2.24, 2.45) is 0 Å². The van der Waals surface area contributed by atoms with E-state index in [4.69, 9.17) is 0 Å². The van der Waals surface area contributed by atoms with Crippen LogP contribution in [0.5, 0.6) is 0 Å². The molecule has 0 aromatic heterocycles. The van der Waals surface area contributed by atoms with Crippen LogP contribution >= 0.6 is 9.24 Å². The van der Waals surface area contributed by atoms with Gasteiger partial charge >= 0.3 is 110 Å². The molecule has 1 aliphatic heterocycles. The van der Waals surface area contributed by atoms with E-state index < -0.39 is 21.4 Å². The van der Waals surface area contributed by atoms with E-state index in [1.165, 1.54) is 34.6 Å². The molecule has 0 bridgehead atoms. The third-order valence-corrected chi connectivity index (χ3v) is 13.9. The van der Waals surface area contributed by atoms with Gasteiger partial charge < -0.3 is 0 Å². The molecule has 1 unspecified atom stereocenters. The first-order valence-corrected chi connectivity index (χ1v) is 13.1. The predicted octanol–water partition coefficient (Wildman–Crippen LogP) is 1.53.